The molecule has 0 saturated heterocycles. The highest BCUT2D eigenvalue weighted by atomic mass is 35.5. The number of nitrogens with zero attached hydrogens (tertiary/aromatic N) is 1. The fourth-order valence-electron chi connectivity index (χ4n) is 2.23. The third-order valence-corrected chi connectivity index (χ3v) is 3.58. The van der Waals surface area contributed by atoms with Gasteiger partial charge in [-0.15, -0.1) is 0 Å². The van der Waals surface area contributed by atoms with Crippen molar-refractivity contribution in [3.8, 4) is 11.1 Å². The van der Waals surface area contributed by atoms with Gasteiger partial charge in [-0.05, 0) is 25.0 Å². The Bertz CT molecular complexity index is 563. The van der Waals surface area contributed by atoms with E-state index in [1.165, 1.54) is 12.5 Å². The van der Waals surface area contributed by atoms with Gasteiger partial charge in [-0.1, -0.05) is 49.0 Å². The van der Waals surface area contributed by atoms with E-state index in [0.29, 0.717) is 22.7 Å². The standard InChI is InChI=1S/C15H18ClFN2O/c1-2-3-4-5-9-12-14(15(18)20-19-12)13-10(16)7-6-8-11(13)17/h6-8H,2-5,9,18H2,1H3. The van der Waals surface area contributed by atoms with Gasteiger partial charge >= 0.3 is 0 Å². The zero-order valence-corrected chi connectivity index (χ0v) is 12.2. The Morgan fingerprint density at radius 2 is 2.05 bits per heavy atom. The maximum absolute atomic E-state index is 14.0. The highest BCUT2D eigenvalue weighted by Gasteiger charge is 2.21. The Morgan fingerprint density at radius 3 is 2.75 bits per heavy atom. The van der Waals surface area contributed by atoms with Gasteiger partial charge in [0.25, 0.3) is 0 Å². The number of benzene rings is 1. The van der Waals surface area contributed by atoms with Crippen molar-refractivity contribution in [1.82, 2.24) is 5.16 Å². The van der Waals surface area contributed by atoms with Crippen molar-refractivity contribution >= 4 is 17.5 Å². The van der Waals surface area contributed by atoms with Gasteiger partial charge in [0.1, 0.15) is 5.82 Å². The van der Waals surface area contributed by atoms with Crippen LogP contribution in [0.15, 0.2) is 22.7 Å². The first kappa shape index (κ1) is 14.9. The molecule has 1 heterocycles. The van der Waals surface area contributed by atoms with E-state index in [1.54, 1.807) is 12.1 Å². The minimum absolute atomic E-state index is 0.113. The van der Waals surface area contributed by atoms with Crippen molar-refractivity contribution in [3.63, 3.8) is 0 Å². The third-order valence-electron chi connectivity index (χ3n) is 3.27. The molecule has 0 aliphatic rings. The molecule has 3 nitrogen and oxygen atoms in total. The summed E-state index contributed by atoms with van der Waals surface area (Å²) in [6.45, 7) is 2.15. The smallest absolute Gasteiger partial charge is 0.230 e. The molecule has 0 atom stereocenters. The SMILES string of the molecule is CCCCCCc1noc(N)c1-c1c(F)cccc1Cl. The number of aromatic nitrogens is 1. The van der Waals surface area contributed by atoms with E-state index < -0.39 is 5.82 Å². The Kier molecular flexibility index (Phi) is 5.01. The maximum atomic E-state index is 14.0. The van der Waals surface area contributed by atoms with Crippen LogP contribution < -0.4 is 5.73 Å². The predicted molar refractivity (Wildman–Crippen MR) is 79.2 cm³/mol. The van der Waals surface area contributed by atoms with Gasteiger partial charge in [0.15, 0.2) is 0 Å². The minimum atomic E-state index is -0.415. The van der Waals surface area contributed by atoms with Crippen LogP contribution in [-0.2, 0) is 6.42 Å². The van der Waals surface area contributed by atoms with Crippen LogP contribution in [0.4, 0.5) is 10.3 Å². The van der Waals surface area contributed by atoms with Gasteiger partial charge in [0.05, 0.1) is 16.3 Å². The maximum Gasteiger partial charge on any atom is 0.230 e. The molecule has 1 aromatic heterocycles. The summed E-state index contributed by atoms with van der Waals surface area (Å²) < 4.78 is 19.0. The number of nitrogens with two attached hydrogens (primary N) is 1. The van der Waals surface area contributed by atoms with E-state index in [2.05, 4.69) is 12.1 Å². The molecular formula is C15H18ClFN2O. The van der Waals surface area contributed by atoms with Gasteiger partial charge in [0, 0.05) is 5.56 Å². The number of aryl methyl sites for hydroxylation is 1. The molecule has 0 aliphatic carbocycles. The van der Waals surface area contributed by atoms with Gasteiger partial charge in [0.2, 0.25) is 5.88 Å². The molecule has 108 valence electrons. The Labute approximate surface area is 122 Å². The van der Waals surface area contributed by atoms with Gasteiger partial charge in [-0.2, -0.15) is 0 Å². The molecule has 0 bridgehead atoms. The lowest BCUT2D eigenvalue weighted by molar-refractivity contribution is 0.426. The van der Waals surface area contributed by atoms with E-state index in [9.17, 15) is 4.39 Å². The quantitative estimate of drug-likeness (QED) is 0.776. The average molecular weight is 297 g/mol. The molecule has 2 aromatic rings. The molecule has 20 heavy (non-hydrogen) atoms. The Morgan fingerprint density at radius 1 is 1.25 bits per heavy atom. The normalized spacial score (nSPS) is 10.9. The van der Waals surface area contributed by atoms with Crippen LogP contribution >= 0.6 is 11.6 Å². The lowest BCUT2D eigenvalue weighted by Crippen LogP contribution is -1.95. The summed E-state index contributed by atoms with van der Waals surface area (Å²) >= 11 is 6.08. The fraction of sp³-hybridized carbons (Fsp3) is 0.400. The number of hydrogen-bond donors (Lipinski definition) is 1. The van der Waals surface area contributed by atoms with E-state index in [1.807, 2.05) is 0 Å². The van der Waals surface area contributed by atoms with Crippen LogP contribution in [0.25, 0.3) is 11.1 Å². The van der Waals surface area contributed by atoms with Crippen LogP contribution in [0.2, 0.25) is 5.02 Å². The summed E-state index contributed by atoms with van der Waals surface area (Å²) in [7, 11) is 0. The van der Waals surface area contributed by atoms with Crippen LogP contribution in [0, 0.1) is 5.82 Å². The Hall–Kier alpha value is -1.55. The first-order valence-electron chi connectivity index (χ1n) is 6.83. The number of unbranched alkanes of at least 4 members (excludes halogenated alkanes) is 3. The lowest BCUT2D eigenvalue weighted by Gasteiger charge is -2.06. The first-order valence-corrected chi connectivity index (χ1v) is 7.21. The highest BCUT2D eigenvalue weighted by molar-refractivity contribution is 6.33. The lowest BCUT2D eigenvalue weighted by atomic mass is 10.0. The molecule has 2 rings (SSSR count). The molecule has 5 heteroatoms. The van der Waals surface area contributed by atoms with Crippen LogP contribution in [0.1, 0.15) is 38.3 Å². The molecule has 0 radical (unpaired) electrons. The highest BCUT2D eigenvalue weighted by Crippen LogP contribution is 2.37. The zero-order valence-electron chi connectivity index (χ0n) is 11.5. The second-order valence-corrected chi connectivity index (χ2v) is 5.18. The van der Waals surface area contributed by atoms with Crippen molar-refractivity contribution < 1.29 is 8.91 Å². The largest absolute Gasteiger partial charge is 0.367 e. The molecule has 0 saturated carbocycles. The van der Waals surface area contributed by atoms with Gasteiger partial charge in [-0.3, -0.25) is 0 Å². The fourth-order valence-corrected chi connectivity index (χ4v) is 2.49. The molecule has 0 amide bonds. The predicted octanol–water partition coefficient (Wildman–Crippen LogP) is 4.84. The zero-order chi connectivity index (χ0) is 14.5. The average Bonchev–Trinajstić information content (AvgIpc) is 2.77. The van der Waals surface area contributed by atoms with E-state index in [0.717, 1.165) is 19.3 Å². The molecule has 0 aliphatic heterocycles. The summed E-state index contributed by atoms with van der Waals surface area (Å²) in [6, 6.07) is 4.55. The monoisotopic (exact) mass is 296 g/mol. The number of nitrogen functional groups attached to an aromatic ring is 1. The molecular weight excluding hydrogens is 279 g/mol. The second kappa shape index (κ2) is 6.75. The van der Waals surface area contributed by atoms with Crippen LogP contribution in [-0.4, -0.2) is 5.16 Å². The van der Waals surface area contributed by atoms with E-state index in [-0.39, 0.29) is 11.4 Å². The summed E-state index contributed by atoms with van der Waals surface area (Å²) in [4.78, 5) is 0. The second-order valence-electron chi connectivity index (χ2n) is 4.78. The topological polar surface area (TPSA) is 52.0 Å². The summed E-state index contributed by atoms with van der Waals surface area (Å²) in [5.41, 5.74) is 7.23. The van der Waals surface area contributed by atoms with Crippen molar-refractivity contribution in [2.45, 2.75) is 39.0 Å². The molecule has 0 fully saturated rings. The van der Waals surface area contributed by atoms with Crippen molar-refractivity contribution in [1.29, 1.82) is 0 Å². The number of rotatable bonds is 6. The van der Waals surface area contributed by atoms with E-state index >= 15 is 0 Å². The number of hydrogen-bond acceptors (Lipinski definition) is 3. The van der Waals surface area contributed by atoms with Crippen LogP contribution in [0.5, 0.6) is 0 Å². The number of anilines is 1. The molecule has 1 aromatic carbocycles. The molecule has 0 spiro atoms. The Balaban J connectivity index is 2.29. The van der Waals surface area contributed by atoms with Crippen molar-refractivity contribution in [2.24, 2.45) is 0 Å². The minimum Gasteiger partial charge on any atom is -0.367 e. The first-order chi connectivity index (χ1) is 9.65. The van der Waals surface area contributed by atoms with Crippen molar-refractivity contribution in [3.05, 3.63) is 34.7 Å². The van der Waals surface area contributed by atoms with Gasteiger partial charge in [-0.25, -0.2) is 4.39 Å². The van der Waals surface area contributed by atoms with E-state index in [4.69, 9.17) is 21.9 Å². The molecule has 2 N–H and O–H groups in total. The van der Waals surface area contributed by atoms with Crippen molar-refractivity contribution in [2.75, 3.05) is 5.73 Å². The number of halogens is 2. The third kappa shape index (κ3) is 3.12. The van der Waals surface area contributed by atoms with Crippen LogP contribution in [0.3, 0.4) is 0 Å². The summed E-state index contributed by atoms with van der Waals surface area (Å²) in [5.74, 6) is -0.301. The summed E-state index contributed by atoms with van der Waals surface area (Å²) in [5, 5.41) is 4.26. The van der Waals surface area contributed by atoms with Gasteiger partial charge < -0.3 is 10.3 Å². The molecule has 0 unspecified atom stereocenters. The summed E-state index contributed by atoms with van der Waals surface area (Å²) in [6.07, 6.45) is 5.11.